The van der Waals surface area contributed by atoms with E-state index < -0.39 is 0 Å². The predicted molar refractivity (Wildman–Crippen MR) is 56.4 cm³/mol. The molecule has 1 rings (SSSR count). The van der Waals surface area contributed by atoms with E-state index in [9.17, 15) is 5.11 Å². The zero-order valence-corrected chi connectivity index (χ0v) is 8.80. The molecule has 0 aliphatic heterocycles. The van der Waals surface area contributed by atoms with Crippen LogP contribution in [0.5, 0.6) is 5.75 Å². The van der Waals surface area contributed by atoms with Gasteiger partial charge in [0, 0.05) is 0 Å². The highest BCUT2D eigenvalue weighted by atomic mass is 35.5. The van der Waals surface area contributed by atoms with Gasteiger partial charge in [-0.15, -0.1) is 0 Å². The fraction of sp³-hybridized carbons (Fsp3) is 0.455. The van der Waals surface area contributed by atoms with Gasteiger partial charge in [0.05, 0.1) is 5.02 Å². The quantitative estimate of drug-likeness (QED) is 0.780. The van der Waals surface area contributed by atoms with Crippen LogP contribution in [0.15, 0.2) is 18.2 Å². The Morgan fingerprint density at radius 1 is 1.46 bits per heavy atom. The molecule has 1 nitrogen and oxygen atoms in total. The third kappa shape index (κ3) is 2.38. The minimum Gasteiger partial charge on any atom is -0.506 e. The van der Waals surface area contributed by atoms with E-state index >= 15 is 0 Å². The van der Waals surface area contributed by atoms with Crippen LogP contribution in [0.2, 0.25) is 5.02 Å². The number of hydrogen-bond acceptors (Lipinski definition) is 1. The number of halogens is 1. The molecule has 1 N–H and O–H groups in total. The second kappa shape index (κ2) is 4.52. The molecule has 0 saturated heterocycles. The van der Waals surface area contributed by atoms with Gasteiger partial charge in [0.1, 0.15) is 5.75 Å². The molecule has 1 unspecified atom stereocenters. The zero-order chi connectivity index (χ0) is 9.84. The first kappa shape index (κ1) is 10.4. The summed E-state index contributed by atoms with van der Waals surface area (Å²) in [5.41, 5.74) is 0.953. The van der Waals surface area contributed by atoms with Crippen LogP contribution in [0, 0.1) is 0 Å². The molecule has 0 heterocycles. The second-order valence-electron chi connectivity index (χ2n) is 3.37. The number of para-hydroxylation sites is 1. The molecule has 2 heteroatoms. The molecule has 0 saturated carbocycles. The lowest BCUT2D eigenvalue weighted by Gasteiger charge is -2.12. The van der Waals surface area contributed by atoms with E-state index in [4.69, 9.17) is 11.6 Å². The van der Waals surface area contributed by atoms with E-state index in [0.29, 0.717) is 10.9 Å². The largest absolute Gasteiger partial charge is 0.506 e. The number of hydrogen-bond donors (Lipinski definition) is 1. The summed E-state index contributed by atoms with van der Waals surface area (Å²) < 4.78 is 0. The summed E-state index contributed by atoms with van der Waals surface area (Å²) in [6.07, 6.45) is 2.20. The summed E-state index contributed by atoms with van der Waals surface area (Å²) in [4.78, 5) is 0. The highest BCUT2D eigenvalue weighted by molar-refractivity contribution is 6.32. The van der Waals surface area contributed by atoms with Gasteiger partial charge in [-0.25, -0.2) is 0 Å². The monoisotopic (exact) mass is 198 g/mol. The molecular formula is C11H15ClO. The SMILES string of the molecule is CCCC(C)c1cccc(Cl)c1O. The third-order valence-corrected chi connectivity index (χ3v) is 2.58. The van der Waals surface area contributed by atoms with Gasteiger partial charge in [0.15, 0.2) is 0 Å². The number of aromatic hydroxyl groups is 1. The fourth-order valence-electron chi connectivity index (χ4n) is 1.52. The molecule has 0 aliphatic carbocycles. The van der Waals surface area contributed by atoms with Crippen LogP contribution in [-0.4, -0.2) is 5.11 Å². The molecule has 0 amide bonds. The van der Waals surface area contributed by atoms with Crippen LogP contribution < -0.4 is 0 Å². The van der Waals surface area contributed by atoms with Gasteiger partial charge in [-0.05, 0) is 24.0 Å². The maximum Gasteiger partial charge on any atom is 0.137 e. The Morgan fingerprint density at radius 3 is 2.77 bits per heavy atom. The Bertz CT molecular complexity index is 283. The van der Waals surface area contributed by atoms with Crippen molar-refractivity contribution < 1.29 is 5.11 Å². The van der Waals surface area contributed by atoms with Gasteiger partial charge in [-0.2, -0.15) is 0 Å². The predicted octanol–water partition coefficient (Wildman–Crippen LogP) is 3.95. The van der Waals surface area contributed by atoms with Crippen LogP contribution in [0.3, 0.4) is 0 Å². The van der Waals surface area contributed by atoms with Crippen LogP contribution in [-0.2, 0) is 0 Å². The fourth-order valence-corrected chi connectivity index (χ4v) is 1.70. The number of phenols is 1. The second-order valence-corrected chi connectivity index (χ2v) is 3.77. The smallest absolute Gasteiger partial charge is 0.137 e. The summed E-state index contributed by atoms with van der Waals surface area (Å²) >= 11 is 5.81. The Labute approximate surface area is 84.4 Å². The molecule has 0 spiro atoms. The lowest BCUT2D eigenvalue weighted by Crippen LogP contribution is -1.93. The topological polar surface area (TPSA) is 20.2 Å². The summed E-state index contributed by atoms with van der Waals surface area (Å²) in [6.45, 7) is 4.24. The van der Waals surface area contributed by atoms with Crippen molar-refractivity contribution in [3.63, 3.8) is 0 Å². The Hall–Kier alpha value is -0.690. The van der Waals surface area contributed by atoms with E-state index in [1.165, 1.54) is 0 Å². The molecular weight excluding hydrogens is 184 g/mol. The van der Waals surface area contributed by atoms with Crippen molar-refractivity contribution in [3.8, 4) is 5.75 Å². The molecule has 1 aromatic rings. The van der Waals surface area contributed by atoms with Crippen LogP contribution >= 0.6 is 11.6 Å². The number of rotatable bonds is 3. The normalized spacial score (nSPS) is 12.8. The maximum absolute atomic E-state index is 9.66. The molecule has 0 fully saturated rings. The molecule has 1 aromatic carbocycles. The van der Waals surface area contributed by atoms with Gasteiger partial charge in [-0.1, -0.05) is 44.0 Å². The summed E-state index contributed by atoms with van der Waals surface area (Å²) in [6, 6.07) is 5.52. The van der Waals surface area contributed by atoms with Crippen molar-refractivity contribution in [2.24, 2.45) is 0 Å². The van der Waals surface area contributed by atoms with Crippen molar-refractivity contribution in [3.05, 3.63) is 28.8 Å². The van der Waals surface area contributed by atoms with Crippen LogP contribution in [0.1, 0.15) is 38.2 Å². The van der Waals surface area contributed by atoms with Crippen molar-refractivity contribution in [2.45, 2.75) is 32.6 Å². The molecule has 1 atom stereocenters. The van der Waals surface area contributed by atoms with Gasteiger partial charge >= 0.3 is 0 Å². The first-order valence-corrected chi connectivity index (χ1v) is 5.02. The van der Waals surface area contributed by atoms with E-state index in [-0.39, 0.29) is 5.75 Å². The van der Waals surface area contributed by atoms with E-state index in [0.717, 1.165) is 18.4 Å². The summed E-state index contributed by atoms with van der Waals surface area (Å²) in [5.74, 6) is 0.619. The van der Waals surface area contributed by atoms with Crippen LogP contribution in [0.25, 0.3) is 0 Å². The third-order valence-electron chi connectivity index (χ3n) is 2.27. The maximum atomic E-state index is 9.66. The van der Waals surface area contributed by atoms with E-state index in [1.807, 2.05) is 12.1 Å². The Balaban J connectivity index is 2.93. The average Bonchev–Trinajstić information content (AvgIpc) is 2.10. The lowest BCUT2D eigenvalue weighted by molar-refractivity contribution is 0.460. The molecule has 0 aromatic heterocycles. The molecule has 13 heavy (non-hydrogen) atoms. The van der Waals surface area contributed by atoms with E-state index in [1.54, 1.807) is 6.07 Å². The average molecular weight is 199 g/mol. The van der Waals surface area contributed by atoms with Crippen molar-refractivity contribution in [1.29, 1.82) is 0 Å². The van der Waals surface area contributed by atoms with E-state index in [2.05, 4.69) is 13.8 Å². The molecule has 0 bridgehead atoms. The minimum atomic E-state index is 0.241. The molecule has 72 valence electrons. The first-order valence-electron chi connectivity index (χ1n) is 4.64. The highest BCUT2D eigenvalue weighted by Crippen LogP contribution is 2.33. The summed E-state index contributed by atoms with van der Waals surface area (Å²) in [7, 11) is 0. The number of benzene rings is 1. The number of phenolic OH excluding ortho intramolecular Hbond substituents is 1. The van der Waals surface area contributed by atoms with Gasteiger partial charge in [0.25, 0.3) is 0 Å². The molecule has 0 radical (unpaired) electrons. The Morgan fingerprint density at radius 2 is 2.15 bits per heavy atom. The Kier molecular flexibility index (Phi) is 3.61. The highest BCUT2D eigenvalue weighted by Gasteiger charge is 2.11. The van der Waals surface area contributed by atoms with Crippen molar-refractivity contribution in [1.82, 2.24) is 0 Å². The standard InChI is InChI=1S/C11H15ClO/c1-3-5-8(2)9-6-4-7-10(12)11(9)13/h4,6-8,13H,3,5H2,1-2H3. The first-order chi connectivity index (χ1) is 6.16. The van der Waals surface area contributed by atoms with Gasteiger partial charge in [0.2, 0.25) is 0 Å². The minimum absolute atomic E-state index is 0.241. The lowest BCUT2D eigenvalue weighted by atomic mass is 9.96. The van der Waals surface area contributed by atoms with Crippen molar-refractivity contribution in [2.75, 3.05) is 0 Å². The zero-order valence-electron chi connectivity index (χ0n) is 8.05. The summed E-state index contributed by atoms with van der Waals surface area (Å²) in [5, 5.41) is 10.1. The van der Waals surface area contributed by atoms with Gasteiger partial charge in [-0.3, -0.25) is 0 Å². The molecule has 0 aliphatic rings. The van der Waals surface area contributed by atoms with Crippen molar-refractivity contribution >= 4 is 11.6 Å². The van der Waals surface area contributed by atoms with Gasteiger partial charge < -0.3 is 5.11 Å². The van der Waals surface area contributed by atoms with Crippen LogP contribution in [0.4, 0.5) is 0 Å².